The van der Waals surface area contributed by atoms with Crippen LogP contribution >= 0.6 is 0 Å². The van der Waals surface area contributed by atoms with Gasteiger partial charge < -0.3 is 15.4 Å². The van der Waals surface area contributed by atoms with Crippen molar-refractivity contribution in [3.05, 3.63) is 33.9 Å². The lowest BCUT2D eigenvalue weighted by atomic mass is 9.83. The summed E-state index contributed by atoms with van der Waals surface area (Å²) in [6.45, 7) is 4.53. The number of carbonyl (C=O) groups is 1. The number of nitrogens with zero attached hydrogens (tertiary/aromatic N) is 1. The monoisotopic (exact) mass is 307 g/mol. The van der Waals surface area contributed by atoms with Crippen LogP contribution in [0.15, 0.2) is 18.2 Å². The second-order valence-electron chi connectivity index (χ2n) is 5.92. The zero-order chi connectivity index (χ0) is 16.2. The summed E-state index contributed by atoms with van der Waals surface area (Å²) in [5, 5.41) is 17.2. The fraction of sp³-hybridized carbons (Fsp3) is 0.533. The Morgan fingerprint density at radius 1 is 1.55 bits per heavy atom. The van der Waals surface area contributed by atoms with Crippen LogP contribution in [0.2, 0.25) is 0 Å². The lowest BCUT2D eigenvalue weighted by Crippen LogP contribution is -2.45. The average Bonchev–Trinajstić information content (AvgIpc) is 2.52. The number of carbonyl (C=O) groups excluding carboxylic acids is 1. The first-order chi connectivity index (χ1) is 10.4. The lowest BCUT2D eigenvalue weighted by molar-refractivity contribution is -0.385. The van der Waals surface area contributed by atoms with Crippen LogP contribution in [0.5, 0.6) is 5.75 Å². The molecule has 1 atom stereocenters. The van der Waals surface area contributed by atoms with Crippen molar-refractivity contribution < 1.29 is 14.5 Å². The average molecular weight is 307 g/mol. The predicted molar refractivity (Wildman–Crippen MR) is 82.2 cm³/mol. The molecule has 0 aromatic heterocycles. The van der Waals surface area contributed by atoms with Crippen LogP contribution in [0.25, 0.3) is 0 Å². The van der Waals surface area contributed by atoms with E-state index in [1.165, 1.54) is 25.3 Å². The van der Waals surface area contributed by atoms with Gasteiger partial charge in [-0.2, -0.15) is 0 Å². The summed E-state index contributed by atoms with van der Waals surface area (Å²) in [4.78, 5) is 22.7. The maximum atomic E-state index is 12.2. The molecular weight excluding hydrogens is 286 g/mol. The molecule has 22 heavy (non-hydrogen) atoms. The van der Waals surface area contributed by atoms with Crippen molar-refractivity contribution in [1.82, 2.24) is 10.6 Å². The predicted octanol–water partition coefficient (Wildman–Crippen LogP) is 1.72. The Bertz CT molecular complexity index is 568. The van der Waals surface area contributed by atoms with Gasteiger partial charge >= 0.3 is 5.69 Å². The molecule has 7 nitrogen and oxygen atoms in total. The summed E-state index contributed by atoms with van der Waals surface area (Å²) in [7, 11) is 1.36. The highest BCUT2D eigenvalue weighted by Crippen LogP contribution is 2.28. The molecule has 7 heteroatoms. The first-order valence-corrected chi connectivity index (χ1v) is 7.26. The van der Waals surface area contributed by atoms with Crippen molar-refractivity contribution in [3.8, 4) is 5.75 Å². The topological polar surface area (TPSA) is 93.5 Å². The van der Waals surface area contributed by atoms with Crippen molar-refractivity contribution in [2.45, 2.75) is 19.8 Å². The van der Waals surface area contributed by atoms with Gasteiger partial charge in [0.2, 0.25) is 0 Å². The number of amides is 1. The summed E-state index contributed by atoms with van der Waals surface area (Å²) in [6.07, 6.45) is 2.13. The third kappa shape index (κ3) is 3.73. The van der Waals surface area contributed by atoms with Crippen LogP contribution < -0.4 is 15.4 Å². The van der Waals surface area contributed by atoms with E-state index in [0.717, 1.165) is 25.9 Å². The maximum absolute atomic E-state index is 12.2. The van der Waals surface area contributed by atoms with Crippen molar-refractivity contribution in [1.29, 1.82) is 0 Å². The number of hydrogen-bond acceptors (Lipinski definition) is 5. The first-order valence-electron chi connectivity index (χ1n) is 7.26. The molecule has 1 amide bonds. The van der Waals surface area contributed by atoms with Crippen LogP contribution in [-0.2, 0) is 0 Å². The summed E-state index contributed by atoms with van der Waals surface area (Å²) >= 11 is 0. The zero-order valence-corrected chi connectivity index (χ0v) is 12.8. The Labute approximate surface area is 129 Å². The summed E-state index contributed by atoms with van der Waals surface area (Å²) < 4.78 is 4.93. The van der Waals surface area contributed by atoms with Crippen LogP contribution in [0.4, 0.5) is 5.69 Å². The molecule has 120 valence electrons. The van der Waals surface area contributed by atoms with Crippen LogP contribution in [0, 0.1) is 15.5 Å². The molecule has 1 aromatic carbocycles. The van der Waals surface area contributed by atoms with E-state index in [0.29, 0.717) is 6.54 Å². The third-order valence-corrected chi connectivity index (χ3v) is 4.00. The molecule has 1 heterocycles. The molecule has 2 N–H and O–H groups in total. The number of hydrogen-bond donors (Lipinski definition) is 2. The molecule has 1 aromatic rings. The summed E-state index contributed by atoms with van der Waals surface area (Å²) in [6, 6.07) is 4.22. The standard InChI is InChI=1S/C15H21N3O4/c1-15(6-3-7-16-9-15)10-17-14(19)11-4-5-13(22-2)12(8-11)18(20)21/h4-5,8,16H,3,6-7,9-10H2,1-2H3,(H,17,19). The number of nitro groups is 1. The molecule has 0 spiro atoms. The molecule has 0 aliphatic carbocycles. The molecule has 2 rings (SSSR count). The van der Waals surface area contributed by atoms with Gasteiger partial charge in [-0.25, -0.2) is 0 Å². The molecular formula is C15H21N3O4. The number of rotatable bonds is 5. The Balaban J connectivity index is 2.06. The number of piperidine rings is 1. The highest BCUT2D eigenvalue weighted by molar-refractivity contribution is 5.95. The van der Waals surface area contributed by atoms with Gasteiger partial charge in [0.1, 0.15) is 0 Å². The lowest BCUT2D eigenvalue weighted by Gasteiger charge is -2.34. The minimum Gasteiger partial charge on any atom is -0.490 e. The van der Waals surface area contributed by atoms with Crippen molar-refractivity contribution in [3.63, 3.8) is 0 Å². The molecule has 1 aliphatic rings. The molecule has 1 unspecified atom stereocenters. The Morgan fingerprint density at radius 2 is 2.32 bits per heavy atom. The van der Waals surface area contributed by atoms with Crippen molar-refractivity contribution >= 4 is 11.6 Å². The van der Waals surface area contributed by atoms with E-state index in [-0.39, 0.29) is 28.3 Å². The van der Waals surface area contributed by atoms with E-state index in [1.54, 1.807) is 0 Å². The van der Waals surface area contributed by atoms with Crippen LogP contribution in [0.3, 0.4) is 0 Å². The molecule has 1 saturated heterocycles. The Kier molecular flexibility index (Phi) is 4.97. The zero-order valence-electron chi connectivity index (χ0n) is 12.8. The first kappa shape index (κ1) is 16.2. The van der Waals surface area contributed by atoms with Gasteiger partial charge in [-0.05, 0) is 36.9 Å². The SMILES string of the molecule is COc1ccc(C(=O)NCC2(C)CCCNC2)cc1[N+](=O)[O-]. The second-order valence-corrected chi connectivity index (χ2v) is 5.92. The fourth-order valence-corrected chi connectivity index (χ4v) is 2.64. The fourth-order valence-electron chi connectivity index (χ4n) is 2.64. The molecule has 0 bridgehead atoms. The minimum atomic E-state index is -0.554. The van der Waals surface area contributed by atoms with Crippen LogP contribution in [-0.4, -0.2) is 37.6 Å². The van der Waals surface area contributed by atoms with Gasteiger partial charge in [-0.3, -0.25) is 14.9 Å². The number of nitro benzene ring substituents is 1. The number of methoxy groups -OCH3 is 1. The highest BCUT2D eigenvalue weighted by atomic mass is 16.6. The van der Waals surface area contributed by atoms with Crippen LogP contribution in [0.1, 0.15) is 30.1 Å². The third-order valence-electron chi connectivity index (χ3n) is 4.00. The van der Waals surface area contributed by atoms with E-state index in [4.69, 9.17) is 4.74 Å². The van der Waals surface area contributed by atoms with Gasteiger partial charge in [0.15, 0.2) is 5.75 Å². The normalized spacial score (nSPS) is 21.2. The summed E-state index contributed by atoms with van der Waals surface area (Å²) in [5.74, 6) is -0.164. The Hall–Kier alpha value is -2.15. The van der Waals surface area contributed by atoms with Gasteiger partial charge in [-0.15, -0.1) is 0 Å². The number of ether oxygens (including phenoxy) is 1. The molecule has 0 radical (unpaired) electrons. The quantitative estimate of drug-likeness (QED) is 0.638. The molecule has 1 fully saturated rings. The Morgan fingerprint density at radius 3 is 2.91 bits per heavy atom. The van der Waals surface area contributed by atoms with Crippen molar-refractivity contribution in [2.75, 3.05) is 26.7 Å². The highest BCUT2D eigenvalue weighted by Gasteiger charge is 2.27. The maximum Gasteiger partial charge on any atom is 0.311 e. The van der Waals surface area contributed by atoms with E-state index < -0.39 is 4.92 Å². The van der Waals surface area contributed by atoms with E-state index in [1.807, 2.05) is 0 Å². The van der Waals surface area contributed by atoms with Gasteiger partial charge in [0.05, 0.1) is 12.0 Å². The summed E-state index contributed by atoms with van der Waals surface area (Å²) in [5.41, 5.74) is 0.0762. The largest absolute Gasteiger partial charge is 0.490 e. The number of nitrogens with one attached hydrogen (secondary N) is 2. The van der Waals surface area contributed by atoms with E-state index in [9.17, 15) is 14.9 Å². The second kappa shape index (κ2) is 6.74. The van der Waals surface area contributed by atoms with Gasteiger partial charge in [-0.1, -0.05) is 6.92 Å². The molecule has 0 saturated carbocycles. The van der Waals surface area contributed by atoms with E-state index >= 15 is 0 Å². The van der Waals surface area contributed by atoms with Crippen molar-refractivity contribution in [2.24, 2.45) is 5.41 Å². The molecule has 1 aliphatic heterocycles. The van der Waals surface area contributed by atoms with E-state index in [2.05, 4.69) is 17.6 Å². The number of benzene rings is 1. The van der Waals surface area contributed by atoms with Gasteiger partial charge in [0.25, 0.3) is 5.91 Å². The smallest absolute Gasteiger partial charge is 0.311 e. The minimum absolute atomic E-state index is 0.0202. The van der Waals surface area contributed by atoms with Gasteiger partial charge in [0, 0.05) is 24.7 Å².